The molecule has 0 amide bonds. The summed E-state index contributed by atoms with van der Waals surface area (Å²) in [5, 5.41) is 8.93. The molecule has 0 aromatic carbocycles. The van der Waals surface area contributed by atoms with Gasteiger partial charge in [-0.1, -0.05) is 12.8 Å². The van der Waals surface area contributed by atoms with Gasteiger partial charge in [0.05, 0.1) is 12.2 Å². The topological polar surface area (TPSA) is 104 Å². The van der Waals surface area contributed by atoms with Crippen molar-refractivity contribution in [3.8, 4) is 16.9 Å². The highest BCUT2D eigenvalue weighted by Crippen LogP contribution is 2.34. The molecule has 3 aromatic rings. The molecule has 136 valence electrons. The van der Waals surface area contributed by atoms with E-state index in [1.165, 1.54) is 25.7 Å². The van der Waals surface area contributed by atoms with Crippen LogP contribution in [0.4, 0.5) is 11.5 Å². The van der Waals surface area contributed by atoms with Crippen LogP contribution in [0.15, 0.2) is 35.8 Å². The lowest BCUT2D eigenvalue weighted by atomic mass is 10.1. The molecule has 2 aliphatic rings. The molecule has 1 aliphatic heterocycles. The van der Waals surface area contributed by atoms with E-state index in [1.54, 1.807) is 23.2 Å². The summed E-state index contributed by atoms with van der Waals surface area (Å²) >= 11 is 0. The molecular weight excluding hydrogens is 342 g/mol. The van der Waals surface area contributed by atoms with Crippen molar-refractivity contribution in [3.05, 3.63) is 36.4 Å². The largest absolute Gasteiger partial charge is 0.382 e. The molecule has 8 nitrogen and oxygen atoms in total. The molecule has 27 heavy (non-hydrogen) atoms. The number of nitrogens with two attached hydrogens (primary N) is 1. The van der Waals surface area contributed by atoms with Gasteiger partial charge in [-0.3, -0.25) is 14.5 Å². The van der Waals surface area contributed by atoms with Crippen molar-refractivity contribution in [2.45, 2.75) is 38.1 Å². The number of Topliss-reactive ketones (excluding diaryl/α,β-unsaturated/α-hetero) is 1. The number of carbonyl (C=O) groups excluding carboxylic acids is 1. The summed E-state index contributed by atoms with van der Waals surface area (Å²) in [5.74, 6) is 0.922. The quantitative estimate of drug-likeness (QED) is 0.772. The minimum absolute atomic E-state index is 0.0295. The molecule has 0 unspecified atom stereocenters. The number of hydrogen-bond acceptors (Lipinski definition) is 6. The molecule has 1 fully saturated rings. The Bertz CT molecular complexity index is 1060. The number of anilines is 1. The summed E-state index contributed by atoms with van der Waals surface area (Å²) in [7, 11) is 0. The molecule has 5 rings (SSSR count). The van der Waals surface area contributed by atoms with Crippen LogP contribution in [-0.4, -0.2) is 36.5 Å². The number of aliphatic imine (C=N–C) groups is 1. The van der Waals surface area contributed by atoms with Crippen LogP contribution in [-0.2, 0) is 0 Å². The Morgan fingerprint density at radius 3 is 2.85 bits per heavy atom. The highest BCUT2D eigenvalue weighted by Gasteiger charge is 2.22. The summed E-state index contributed by atoms with van der Waals surface area (Å²) in [5.41, 5.74) is 8.99. The smallest absolute Gasteiger partial charge is 0.180 e. The van der Waals surface area contributed by atoms with Crippen LogP contribution in [0.25, 0.3) is 16.9 Å². The molecule has 4 heterocycles. The average molecular weight is 361 g/mol. The fourth-order valence-electron chi connectivity index (χ4n) is 3.86. The molecule has 0 saturated heterocycles. The summed E-state index contributed by atoms with van der Waals surface area (Å²) < 4.78 is 3.62. The number of nitrogens with zero attached hydrogens (tertiary/aromatic N) is 6. The lowest BCUT2D eigenvalue weighted by molar-refractivity contribution is 0.100. The zero-order chi connectivity index (χ0) is 18.4. The van der Waals surface area contributed by atoms with Gasteiger partial charge in [0.2, 0.25) is 0 Å². The van der Waals surface area contributed by atoms with Gasteiger partial charge in [0.1, 0.15) is 5.69 Å². The third-order valence-corrected chi connectivity index (χ3v) is 5.27. The van der Waals surface area contributed by atoms with E-state index in [4.69, 9.17) is 5.73 Å². The normalized spacial score (nSPS) is 16.8. The van der Waals surface area contributed by atoms with E-state index >= 15 is 0 Å². The van der Waals surface area contributed by atoms with Crippen LogP contribution in [0.3, 0.4) is 0 Å². The van der Waals surface area contributed by atoms with E-state index in [-0.39, 0.29) is 5.78 Å². The van der Waals surface area contributed by atoms with Gasteiger partial charge in [-0.05, 0) is 18.9 Å². The summed E-state index contributed by atoms with van der Waals surface area (Å²) in [6.45, 7) is 0. The molecule has 1 aliphatic carbocycles. The number of ketones is 1. The highest BCUT2D eigenvalue weighted by atomic mass is 16.1. The van der Waals surface area contributed by atoms with Crippen LogP contribution in [0.1, 0.15) is 48.5 Å². The first-order valence-corrected chi connectivity index (χ1v) is 9.15. The standard InChI is InChI=1S/C19H19N7O/c20-18-15(12-9-23-25(10-12)13-3-1-2-4-13)11-26(24-18)19-17-14(5-7-22-19)16(27)6-8-21-17/h5,7-11,13H,1-4,6H2,(H2,20,24). The van der Waals surface area contributed by atoms with Gasteiger partial charge in [0, 0.05) is 47.9 Å². The van der Waals surface area contributed by atoms with Gasteiger partial charge in [-0.15, -0.1) is 5.10 Å². The van der Waals surface area contributed by atoms with Crippen molar-refractivity contribution in [2.75, 3.05) is 5.73 Å². The predicted molar refractivity (Wildman–Crippen MR) is 102 cm³/mol. The first kappa shape index (κ1) is 15.9. The highest BCUT2D eigenvalue weighted by molar-refractivity contribution is 6.10. The summed E-state index contributed by atoms with van der Waals surface area (Å²) in [4.78, 5) is 20.8. The fraction of sp³-hybridized carbons (Fsp3) is 0.316. The Morgan fingerprint density at radius 1 is 1.15 bits per heavy atom. The van der Waals surface area contributed by atoms with Crippen molar-refractivity contribution in [3.63, 3.8) is 0 Å². The number of carbonyl (C=O) groups is 1. The molecule has 3 aromatic heterocycles. The second-order valence-corrected chi connectivity index (χ2v) is 6.99. The lowest BCUT2D eigenvalue weighted by Crippen LogP contribution is -2.09. The summed E-state index contributed by atoms with van der Waals surface area (Å²) in [6.07, 6.45) is 14.0. The van der Waals surface area contributed by atoms with Crippen LogP contribution < -0.4 is 5.73 Å². The van der Waals surface area contributed by atoms with E-state index < -0.39 is 0 Å². The van der Waals surface area contributed by atoms with Crippen molar-refractivity contribution in [1.82, 2.24) is 24.5 Å². The van der Waals surface area contributed by atoms with Crippen LogP contribution >= 0.6 is 0 Å². The minimum Gasteiger partial charge on any atom is -0.382 e. The van der Waals surface area contributed by atoms with E-state index in [1.807, 2.05) is 23.3 Å². The number of hydrogen-bond donors (Lipinski definition) is 1. The van der Waals surface area contributed by atoms with Gasteiger partial charge >= 0.3 is 0 Å². The van der Waals surface area contributed by atoms with Gasteiger partial charge < -0.3 is 5.73 Å². The SMILES string of the molecule is Nc1nn(-c2nccc3c2N=CCC3=O)cc1-c1cnn(C2CCCC2)c1. The Labute approximate surface area is 155 Å². The third kappa shape index (κ3) is 2.64. The van der Waals surface area contributed by atoms with Gasteiger partial charge in [0.15, 0.2) is 17.4 Å². The molecule has 8 heteroatoms. The number of aromatic nitrogens is 5. The zero-order valence-corrected chi connectivity index (χ0v) is 14.7. The van der Waals surface area contributed by atoms with Crippen LogP contribution in [0.2, 0.25) is 0 Å². The van der Waals surface area contributed by atoms with E-state index in [0.717, 1.165) is 11.1 Å². The Kier molecular flexibility index (Phi) is 3.63. The van der Waals surface area contributed by atoms with Crippen LogP contribution in [0, 0.1) is 0 Å². The van der Waals surface area contributed by atoms with Gasteiger partial charge in [-0.2, -0.15) is 5.10 Å². The molecule has 0 radical (unpaired) electrons. The number of nitrogen functional groups attached to an aromatic ring is 1. The van der Waals surface area contributed by atoms with Gasteiger partial charge in [0.25, 0.3) is 0 Å². The first-order valence-electron chi connectivity index (χ1n) is 9.15. The first-order chi connectivity index (χ1) is 13.2. The van der Waals surface area contributed by atoms with Crippen LogP contribution in [0.5, 0.6) is 0 Å². The fourth-order valence-corrected chi connectivity index (χ4v) is 3.86. The van der Waals surface area contributed by atoms with Gasteiger partial charge in [-0.25, -0.2) is 9.67 Å². The van der Waals surface area contributed by atoms with Crippen molar-refractivity contribution < 1.29 is 4.79 Å². The van der Waals surface area contributed by atoms with Crippen molar-refractivity contribution in [2.24, 2.45) is 4.99 Å². The molecule has 0 atom stereocenters. The Morgan fingerprint density at radius 2 is 2.00 bits per heavy atom. The van der Waals surface area contributed by atoms with E-state index in [2.05, 4.69) is 20.2 Å². The minimum atomic E-state index is 0.0295. The Balaban J connectivity index is 1.54. The number of rotatable bonds is 3. The van der Waals surface area contributed by atoms with E-state index in [9.17, 15) is 4.79 Å². The molecule has 0 bridgehead atoms. The Hall–Kier alpha value is -3.29. The third-order valence-electron chi connectivity index (χ3n) is 5.27. The average Bonchev–Trinajstić information content (AvgIpc) is 3.42. The summed E-state index contributed by atoms with van der Waals surface area (Å²) in [6, 6.07) is 2.16. The molecule has 2 N–H and O–H groups in total. The van der Waals surface area contributed by atoms with Crippen molar-refractivity contribution >= 4 is 23.5 Å². The second kappa shape index (κ2) is 6.15. The molecule has 0 spiro atoms. The zero-order valence-electron chi connectivity index (χ0n) is 14.7. The number of pyridine rings is 1. The maximum absolute atomic E-state index is 12.1. The predicted octanol–water partition coefficient (Wildman–Crippen LogP) is 3.12. The molecular formula is C19H19N7O. The monoisotopic (exact) mass is 361 g/mol. The lowest BCUT2D eigenvalue weighted by Gasteiger charge is -2.11. The van der Waals surface area contributed by atoms with Crippen molar-refractivity contribution in [1.29, 1.82) is 0 Å². The number of fused-ring (bicyclic) bond motifs is 1. The second-order valence-electron chi connectivity index (χ2n) is 6.99. The molecule has 1 saturated carbocycles. The van der Waals surface area contributed by atoms with E-state index in [0.29, 0.717) is 35.3 Å². The maximum Gasteiger partial charge on any atom is 0.180 e. The maximum atomic E-state index is 12.1.